The van der Waals surface area contributed by atoms with Crippen molar-refractivity contribution < 1.29 is 9.47 Å². The van der Waals surface area contributed by atoms with Gasteiger partial charge in [0.15, 0.2) is 0 Å². The number of benzene rings is 1. The molecule has 1 aliphatic carbocycles. The van der Waals surface area contributed by atoms with E-state index in [2.05, 4.69) is 0 Å². The molecule has 1 aromatic rings. The van der Waals surface area contributed by atoms with Gasteiger partial charge < -0.3 is 15.2 Å². The monoisotopic (exact) mass is 265 g/mol. The average Bonchev–Trinajstić information content (AvgIpc) is 2.39. The molecule has 0 bridgehead atoms. The van der Waals surface area contributed by atoms with Crippen molar-refractivity contribution in [2.75, 3.05) is 7.11 Å². The normalized spacial score (nSPS) is 23.6. The van der Waals surface area contributed by atoms with E-state index >= 15 is 0 Å². The van der Waals surface area contributed by atoms with Gasteiger partial charge in [0.1, 0.15) is 16.8 Å². The Kier molecular flexibility index (Phi) is 4.55. The molecule has 3 nitrogen and oxygen atoms in total. The summed E-state index contributed by atoms with van der Waals surface area (Å²) >= 11 is 4.97. The van der Waals surface area contributed by atoms with E-state index in [1.54, 1.807) is 7.11 Å². The van der Waals surface area contributed by atoms with Gasteiger partial charge in [-0.15, -0.1) is 0 Å². The second-order valence-electron chi connectivity index (χ2n) is 4.66. The van der Waals surface area contributed by atoms with Crippen LogP contribution in [0.15, 0.2) is 24.3 Å². The molecule has 1 saturated carbocycles. The smallest absolute Gasteiger partial charge is 0.120 e. The Labute approximate surface area is 113 Å². The molecule has 18 heavy (non-hydrogen) atoms. The SMILES string of the molecule is COC1CCCC(Oc2cccc(C(N)=S)c2)C1. The molecule has 1 aromatic carbocycles. The predicted molar refractivity (Wildman–Crippen MR) is 76.0 cm³/mol. The third-order valence-electron chi connectivity index (χ3n) is 3.33. The van der Waals surface area contributed by atoms with Crippen LogP contribution < -0.4 is 10.5 Å². The molecule has 1 fully saturated rings. The minimum atomic E-state index is 0.227. The molecule has 2 atom stereocenters. The lowest BCUT2D eigenvalue weighted by atomic mass is 9.95. The Morgan fingerprint density at radius 1 is 1.33 bits per heavy atom. The van der Waals surface area contributed by atoms with Crippen LogP contribution in [0, 0.1) is 0 Å². The molecular weight excluding hydrogens is 246 g/mol. The van der Waals surface area contributed by atoms with E-state index in [1.807, 2.05) is 24.3 Å². The molecule has 0 heterocycles. The van der Waals surface area contributed by atoms with Gasteiger partial charge in [0.25, 0.3) is 0 Å². The summed E-state index contributed by atoms with van der Waals surface area (Å²) in [6.45, 7) is 0. The standard InChI is InChI=1S/C14H19NO2S/c1-16-11-5-3-7-13(9-11)17-12-6-2-4-10(8-12)14(15)18/h2,4,6,8,11,13H,3,5,7,9H2,1H3,(H2,15,18). The van der Waals surface area contributed by atoms with Gasteiger partial charge >= 0.3 is 0 Å². The van der Waals surface area contributed by atoms with E-state index in [0.717, 1.165) is 37.0 Å². The van der Waals surface area contributed by atoms with Crippen LogP contribution in [-0.2, 0) is 4.74 Å². The minimum absolute atomic E-state index is 0.227. The first-order valence-corrected chi connectivity index (χ1v) is 6.69. The van der Waals surface area contributed by atoms with Crippen LogP contribution in [0.2, 0.25) is 0 Å². The van der Waals surface area contributed by atoms with Crippen LogP contribution >= 0.6 is 12.2 Å². The molecule has 2 N–H and O–H groups in total. The fraction of sp³-hybridized carbons (Fsp3) is 0.500. The molecule has 98 valence electrons. The Bertz CT molecular complexity index is 422. The van der Waals surface area contributed by atoms with Gasteiger partial charge in [-0.3, -0.25) is 0 Å². The van der Waals surface area contributed by atoms with E-state index in [4.69, 9.17) is 27.4 Å². The molecule has 4 heteroatoms. The maximum Gasteiger partial charge on any atom is 0.120 e. The first-order chi connectivity index (χ1) is 8.69. The van der Waals surface area contributed by atoms with Crippen LogP contribution in [0.5, 0.6) is 5.75 Å². The van der Waals surface area contributed by atoms with Crippen molar-refractivity contribution in [1.82, 2.24) is 0 Å². The second kappa shape index (κ2) is 6.16. The van der Waals surface area contributed by atoms with Crippen molar-refractivity contribution in [2.45, 2.75) is 37.9 Å². The van der Waals surface area contributed by atoms with Gasteiger partial charge in [-0.05, 0) is 31.4 Å². The first-order valence-electron chi connectivity index (χ1n) is 6.28. The number of hydrogen-bond donors (Lipinski definition) is 1. The summed E-state index contributed by atoms with van der Waals surface area (Å²) in [6, 6.07) is 7.66. The van der Waals surface area contributed by atoms with Crippen molar-refractivity contribution in [3.63, 3.8) is 0 Å². The quantitative estimate of drug-likeness (QED) is 0.850. The fourth-order valence-corrected chi connectivity index (χ4v) is 2.47. The summed E-state index contributed by atoms with van der Waals surface area (Å²) in [6.07, 6.45) is 4.86. The molecule has 0 radical (unpaired) electrons. The average molecular weight is 265 g/mol. The molecule has 2 unspecified atom stereocenters. The molecule has 0 saturated heterocycles. The highest BCUT2D eigenvalue weighted by Crippen LogP contribution is 2.25. The van der Waals surface area contributed by atoms with Gasteiger partial charge in [0.2, 0.25) is 0 Å². The third-order valence-corrected chi connectivity index (χ3v) is 3.57. The Balaban J connectivity index is 2.00. The lowest BCUT2D eigenvalue weighted by Gasteiger charge is -2.28. The first kappa shape index (κ1) is 13.3. The summed E-state index contributed by atoms with van der Waals surface area (Å²) < 4.78 is 11.4. The number of thiocarbonyl (C=S) groups is 1. The van der Waals surface area contributed by atoms with Gasteiger partial charge in [-0.2, -0.15) is 0 Å². The van der Waals surface area contributed by atoms with E-state index in [-0.39, 0.29) is 6.10 Å². The van der Waals surface area contributed by atoms with Crippen LogP contribution in [-0.4, -0.2) is 24.3 Å². The van der Waals surface area contributed by atoms with E-state index < -0.39 is 0 Å². The zero-order valence-corrected chi connectivity index (χ0v) is 11.4. The van der Waals surface area contributed by atoms with E-state index in [9.17, 15) is 0 Å². The molecule has 1 aliphatic rings. The van der Waals surface area contributed by atoms with Crippen molar-refractivity contribution in [3.8, 4) is 5.75 Å². The molecule has 2 rings (SSSR count). The number of hydrogen-bond acceptors (Lipinski definition) is 3. The predicted octanol–water partition coefficient (Wildman–Crippen LogP) is 2.66. The highest BCUT2D eigenvalue weighted by molar-refractivity contribution is 7.80. The highest BCUT2D eigenvalue weighted by atomic mass is 32.1. The lowest BCUT2D eigenvalue weighted by molar-refractivity contribution is 0.0210. The van der Waals surface area contributed by atoms with Crippen LogP contribution in [0.4, 0.5) is 0 Å². The fourth-order valence-electron chi connectivity index (χ4n) is 2.34. The minimum Gasteiger partial charge on any atom is -0.490 e. The zero-order chi connectivity index (χ0) is 13.0. The number of methoxy groups -OCH3 is 1. The summed E-state index contributed by atoms with van der Waals surface area (Å²) in [5, 5.41) is 0. The number of nitrogens with two attached hydrogens (primary N) is 1. The Morgan fingerprint density at radius 2 is 2.11 bits per heavy atom. The van der Waals surface area contributed by atoms with Gasteiger partial charge in [0, 0.05) is 19.1 Å². The van der Waals surface area contributed by atoms with Crippen molar-refractivity contribution in [1.29, 1.82) is 0 Å². The van der Waals surface area contributed by atoms with E-state index in [1.165, 1.54) is 0 Å². The lowest BCUT2D eigenvalue weighted by Crippen LogP contribution is -2.29. The third kappa shape index (κ3) is 3.43. The van der Waals surface area contributed by atoms with E-state index in [0.29, 0.717) is 11.1 Å². The van der Waals surface area contributed by atoms with Crippen LogP contribution in [0.25, 0.3) is 0 Å². The second-order valence-corrected chi connectivity index (χ2v) is 5.10. The molecule has 0 aliphatic heterocycles. The topological polar surface area (TPSA) is 44.5 Å². The van der Waals surface area contributed by atoms with Crippen molar-refractivity contribution in [3.05, 3.63) is 29.8 Å². The number of ether oxygens (including phenoxy) is 2. The molecular formula is C14H19NO2S. The zero-order valence-electron chi connectivity index (χ0n) is 10.6. The molecule has 0 amide bonds. The Morgan fingerprint density at radius 3 is 2.83 bits per heavy atom. The van der Waals surface area contributed by atoms with Crippen LogP contribution in [0.3, 0.4) is 0 Å². The van der Waals surface area contributed by atoms with Gasteiger partial charge in [-0.25, -0.2) is 0 Å². The molecule has 0 aromatic heterocycles. The summed E-state index contributed by atoms with van der Waals surface area (Å²) in [4.78, 5) is 0.402. The number of rotatable bonds is 4. The largest absolute Gasteiger partial charge is 0.490 e. The van der Waals surface area contributed by atoms with Crippen molar-refractivity contribution in [2.24, 2.45) is 5.73 Å². The van der Waals surface area contributed by atoms with Crippen LogP contribution in [0.1, 0.15) is 31.2 Å². The maximum absolute atomic E-state index is 5.98. The van der Waals surface area contributed by atoms with Gasteiger partial charge in [-0.1, -0.05) is 24.4 Å². The van der Waals surface area contributed by atoms with Gasteiger partial charge in [0.05, 0.1) is 6.10 Å². The van der Waals surface area contributed by atoms with Crippen molar-refractivity contribution >= 4 is 17.2 Å². The Hall–Kier alpha value is -1.13. The summed E-state index contributed by atoms with van der Waals surface area (Å²) in [5.74, 6) is 0.835. The summed E-state index contributed by atoms with van der Waals surface area (Å²) in [5.41, 5.74) is 6.46. The molecule has 0 spiro atoms. The highest BCUT2D eigenvalue weighted by Gasteiger charge is 2.23. The maximum atomic E-state index is 5.98. The summed E-state index contributed by atoms with van der Waals surface area (Å²) in [7, 11) is 1.76.